The Labute approximate surface area is 156 Å². The zero-order valence-electron chi connectivity index (χ0n) is 13.1. The minimum Gasteiger partial charge on any atom is -0.366 e. The highest BCUT2D eigenvalue weighted by Gasteiger charge is 2.18. The fourth-order valence-electron chi connectivity index (χ4n) is 2.00. The van der Waals surface area contributed by atoms with Crippen molar-refractivity contribution in [3.8, 4) is 0 Å². The second kappa shape index (κ2) is 8.13. The average molecular weight is 424 g/mol. The number of amides is 2. The third-order valence-corrected chi connectivity index (χ3v) is 5.19. The van der Waals surface area contributed by atoms with Crippen molar-refractivity contribution in [2.24, 2.45) is 5.73 Å². The van der Waals surface area contributed by atoms with E-state index in [0.29, 0.717) is 5.69 Å². The number of benzene rings is 2. The van der Waals surface area contributed by atoms with Crippen molar-refractivity contribution in [2.75, 3.05) is 11.1 Å². The topological polar surface area (TPSA) is 115 Å². The molecule has 0 aliphatic rings. The third kappa shape index (κ3) is 5.04. The molecule has 3 N–H and O–H groups in total. The summed E-state index contributed by atoms with van der Waals surface area (Å²) in [5.74, 6) is -1.05. The molecule has 2 rings (SSSR count). The van der Waals surface area contributed by atoms with E-state index in [0.717, 1.165) is 27.9 Å². The van der Waals surface area contributed by atoms with Gasteiger partial charge in [-0.25, -0.2) is 0 Å². The number of nitro benzene ring substituents is 1. The number of halogens is 1. The molecular weight excluding hydrogens is 410 g/mol. The standard InChI is InChI=1S/C16H14BrN3O4S/c1-9-6-11(3-4-12(9)17)19-15(21)8-25-14-5-2-10(16(18)22)7-13(14)20(23)24/h2-7H,8H2,1H3,(H2,18,22)(H,19,21). The van der Waals surface area contributed by atoms with Crippen LogP contribution in [0.3, 0.4) is 0 Å². The van der Waals surface area contributed by atoms with Gasteiger partial charge in [0.15, 0.2) is 0 Å². The summed E-state index contributed by atoms with van der Waals surface area (Å²) in [5.41, 5.74) is 6.54. The van der Waals surface area contributed by atoms with Crippen molar-refractivity contribution in [2.45, 2.75) is 11.8 Å². The van der Waals surface area contributed by atoms with Gasteiger partial charge in [0.1, 0.15) is 0 Å². The van der Waals surface area contributed by atoms with Gasteiger partial charge in [-0.15, -0.1) is 11.8 Å². The quantitative estimate of drug-likeness (QED) is 0.419. The second-order valence-corrected chi connectivity index (χ2v) is 6.98. The molecule has 0 radical (unpaired) electrons. The molecule has 7 nitrogen and oxygen atoms in total. The van der Waals surface area contributed by atoms with Gasteiger partial charge in [0, 0.05) is 21.8 Å². The largest absolute Gasteiger partial charge is 0.366 e. The molecule has 0 aliphatic carbocycles. The zero-order valence-corrected chi connectivity index (χ0v) is 15.5. The van der Waals surface area contributed by atoms with E-state index < -0.39 is 10.8 Å². The Bertz CT molecular complexity index is 857. The van der Waals surface area contributed by atoms with Gasteiger partial charge in [0.2, 0.25) is 11.8 Å². The van der Waals surface area contributed by atoms with E-state index in [1.54, 1.807) is 6.07 Å². The molecule has 0 atom stereocenters. The number of carbonyl (C=O) groups is 2. The Morgan fingerprint density at radius 3 is 2.60 bits per heavy atom. The van der Waals surface area contributed by atoms with E-state index in [-0.39, 0.29) is 27.8 Å². The number of nitrogens with zero attached hydrogens (tertiary/aromatic N) is 1. The number of hydrogen-bond donors (Lipinski definition) is 2. The highest BCUT2D eigenvalue weighted by molar-refractivity contribution is 9.10. The number of rotatable bonds is 6. The summed E-state index contributed by atoms with van der Waals surface area (Å²) in [6.45, 7) is 1.90. The molecule has 0 saturated carbocycles. The van der Waals surface area contributed by atoms with E-state index in [9.17, 15) is 19.7 Å². The Balaban J connectivity index is 2.07. The lowest BCUT2D eigenvalue weighted by Crippen LogP contribution is -2.14. The summed E-state index contributed by atoms with van der Waals surface area (Å²) >= 11 is 4.40. The Hall–Kier alpha value is -2.39. The Kier molecular flexibility index (Phi) is 6.16. The first kappa shape index (κ1) is 18.9. The van der Waals surface area contributed by atoms with E-state index in [1.165, 1.54) is 12.1 Å². The van der Waals surface area contributed by atoms with E-state index in [4.69, 9.17) is 5.73 Å². The third-order valence-electron chi connectivity index (χ3n) is 3.24. The lowest BCUT2D eigenvalue weighted by molar-refractivity contribution is -0.387. The molecule has 0 fully saturated rings. The van der Waals surface area contributed by atoms with Crippen LogP contribution in [-0.2, 0) is 4.79 Å². The number of hydrogen-bond acceptors (Lipinski definition) is 5. The number of thioether (sulfide) groups is 1. The van der Waals surface area contributed by atoms with Crippen LogP contribution in [0, 0.1) is 17.0 Å². The van der Waals surface area contributed by atoms with Crippen molar-refractivity contribution < 1.29 is 14.5 Å². The van der Waals surface area contributed by atoms with Crippen LogP contribution in [0.25, 0.3) is 0 Å². The predicted octanol–water partition coefficient (Wildman–Crippen LogP) is 3.50. The van der Waals surface area contributed by atoms with Crippen LogP contribution >= 0.6 is 27.7 Å². The number of aryl methyl sites for hydroxylation is 1. The van der Waals surface area contributed by atoms with Crippen molar-refractivity contribution >= 4 is 50.9 Å². The Morgan fingerprint density at radius 1 is 1.28 bits per heavy atom. The van der Waals surface area contributed by atoms with Crippen LogP contribution in [-0.4, -0.2) is 22.5 Å². The van der Waals surface area contributed by atoms with Crippen LogP contribution in [0.5, 0.6) is 0 Å². The monoisotopic (exact) mass is 423 g/mol. The molecule has 0 aromatic heterocycles. The maximum absolute atomic E-state index is 12.1. The molecule has 0 unspecified atom stereocenters. The van der Waals surface area contributed by atoms with Gasteiger partial charge in [-0.2, -0.15) is 0 Å². The summed E-state index contributed by atoms with van der Waals surface area (Å²) in [6.07, 6.45) is 0. The predicted molar refractivity (Wildman–Crippen MR) is 99.8 cm³/mol. The van der Waals surface area contributed by atoms with Crippen LogP contribution in [0.1, 0.15) is 15.9 Å². The van der Waals surface area contributed by atoms with Gasteiger partial charge >= 0.3 is 0 Å². The van der Waals surface area contributed by atoms with Crippen LogP contribution in [0.2, 0.25) is 0 Å². The van der Waals surface area contributed by atoms with Crippen molar-refractivity contribution in [3.05, 3.63) is 62.1 Å². The summed E-state index contributed by atoms with van der Waals surface area (Å²) in [4.78, 5) is 34.0. The Morgan fingerprint density at radius 2 is 2.00 bits per heavy atom. The number of anilines is 1. The summed E-state index contributed by atoms with van der Waals surface area (Å²) in [7, 11) is 0. The van der Waals surface area contributed by atoms with Crippen molar-refractivity contribution in [1.29, 1.82) is 0 Å². The lowest BCUT2D eigenvalue weighted by atomic mass is 10.2. The van der Waals surface area contributed by atoms with Crippen LogP contribution in [0.4, 0.5) is 11.4 Å². The molecule has 0 heterocycles. The van der Waals surface area contributed by atoms with E-state index >= 15 is 0 Å². The fraction of sp³-hybridized carbons (Fsp3) is 0.125. The maximum atomic E-state index is 12.1. The molecule has 0 spiro atoms. The molecule has 0 saturated heterocycles. The number of primary amides is 1. The second-order valence-electron chi connectivity index (χ2n) is 5.10. The smallest absolute Gasteiger partial charge is 0.283 e. The summed E-state index contributed by atoms with van der Waals surface area (Å²) in [5, 5.41) is 13.9. The van der Waals surface area contributed by atoms with E-state index in [2.05, 4.69) is 21.2 Å². The molecule has 9 heteroatoms. The maximum Gasteiger partial charge on any atom is 0.283 e. The van der Waals surface area contributed by atoms with Gasteiger partial charge in [-0.05, 0) is 42.8 Å². The molecule has 2 aromatic rings. The number of nitrogens with one attached hydrogen (secondary N) is 1. The lowest BCUT2D eigenvalue weighted by Gasteiger charge is -2.08. The van der Waals surface area contributed by atoms with Crippen LogP contribution < -0.4 is 11.1 Å². The minimum atomic E-state index is -0.747. The molecule has 2 amide bonds. The van der Waals surface area contributed by atoms with Crippen molar-refractivity contribution in [3.63, 3.8) is 0 Å². The first-order chi connectivity index (χ1) is 11.8. The number of nitro groups is 1. The van der Waals surface area contributed by atoms with E-state index in [1.807, 2.05) is 19.1 Å². The molecule has 0 bridgehead atoms. The molecule has 2 aromatic carbocycles. The van der Waals surface area contributed by atoms with Gasteiger partial charge in [-0.1, -0.05) is 15.9 Å². The van der Waals surface area contributed by atoms with Gasteiger partial charge < -0.3 is 11.1 Å². The van der Waals surface area contributed by atoms with Gasteiger partial charge in [0.25, 0.3) is 5.69 Å². The normalized spacial score (nSPS) is 10.3. The summed E-state index contributed by atoms with van der Waals surface area (Å²) in [6, 6.07) is 9.32. The molecular formula is C16H14BrN3O4S. The van der Waals surface area contributed by atoms with Gasteiger partial charge in [-0.3, -0.25) is 19.7 Å². The fourth-order valence-corrected chi connectivity index (χ4v) is 3.05. The van der Waals surface area contributed by atoms with Gasteiger partial charge in [0.05, 0.1) is 15.6 Å². The highest BCUT2D eigenvalue weighted by atomic mass is 79.9. The summed E-state index contributed by atoms with van der Waals surface area (Å²) < 4.78 is 0.935. The molecule has 25 heavy (non-hydrogen) atoms. The van der Waals surface area contributed by atoms with Crippen LogP contribution in [0.15, 0.2) is 45.8 Å². The molecule has 0 aliphatic heterocycles. The SMILES string of the molecule is Cc1cc(NC(=O)CSc2ccc(C(N)=O)cc2[N+](=O)[O-])ccc1Br. The number of nitrogens with two attached hydrogens (primary N) is 1. The average Bonchev–Trinajstić information content (AvgIpc) is 2.56. The first-order valence-corrected chi connectivity index (χ1v) is 8.83. The number of carbonyl (C=O) groups excluding carboxylic acids is 2. The zero-order chi connectivity index (χ0) is 18.6. The highest BCUT2D eigenvalue weighted by Crippen LogP contribution is 2.30. The first-order valence-electron chi connectivity index (χ1n) is 7.05. The minimum absolute atomic E-state index is 0.00807. The van der Waals surface area contributed by atoms with Crippen molar-refractivity contribution in [1.82, 2.24) is 0 Å². The molecule has 130 valence electrons.